The summed E-state index contributed by atoms with van der Waals surface area (Å²) in [5.41, 5.74) is 1.19. The Balaban J connectivity index is 1.68. The van der Waals surface area contributed by atoms with Crippen LogP contribution < -0.4 is 9.47 Å². The van der Waals surface area contributed by atoms with Crippen molar-refractivity contribution in [1.82, 2.24) is 0 Å². The summed E-state index contributed by atoms with van der Waals surface area (Å²) in [5.74, 6) is -1.19. The van der Waals surface area contributed by atoms with Gasteiger partial charge in [0, 0.05) is 0 Å². The van der Waals surface area contributed by atoms with Crippen LogP contribution in [0, 0.1) is 11.7 Å². The Kier molecular flexibility index (Phi) is 7.76. The van der Waals surface area contributed by atoms with E-state index in [-0.39, 0.29) is 24.0 Å². The summed E-state index contributed by atoms with van der Waals surface area (Å²) in [4.78, 5) is 12.8. The predicted octanol–water partition coefficient (Wildman–Crippen LogP) is 6.70. The third kappa shape index (κ3) is 6.26. The topological polar surface area (TPSA) is 44.8 Å². The highest BCUT2D eigenvalue weighted by atomic mass is 19.3. The van der Waals surface area contributed by atoms with Gasteiger partial charge in [-0.25, -0.2) is 4.39 Å². The van der Waals surface area contributed by atoms with Crippen LogP contribution in [-0.2, 0) is 16.1 Å². The van der Waals surface area contributed by atoms with E-state index >= 15 is 0 Å². The Morgan fingerprint density at radius 2 is 1.59 bits per heavy atom. The molecule has 0 N–H and O–H groups in total. The molecule has 0 saturated carbocycles. The van der Waals surface area contributed by atoms with Crippen LogP contribution in [0.15, 0.2) is 72.8 Å². The minimum atomic E-state index is -2.92. The average molecular weight is 444 g/mol. The van der Waals surface area contributed by atoms with Gasteiger partial charge in [0.1, 0.15) is 18.1 Å². The smallest absolute Gasteiger partial charge is 0.387 e. The van der Waals surface area contributed by atoms with Crippen LogP contribution in [-0.4, -0.2) is 12.6 Å². The zero-order chi connectivity index (χ0) is 23.1. The second-order valence-corrected chi connectivity index (χ2v) is 7.46. The van der Waals surface area contributed by atoms with Gasteiger partial charge in [-0.1, -0.05) is 50.2 Å². The molecule has 0 spiro atoms. The van der Waals surface area contributed by atoms with Gasteiger partial charge in [0.2, 0.25) is 0 Å². The van der Waals surface area contributed by atoms with Gasteiger partial charge in [0.25, 0.3) is 0 Å². The van der Waals surface area contributed by atoms with Crippen LogP contribution in [0.4, 0.5) is 13.2 Å². The number of ether oxygens (including phenoxy) is 3. The van der Waals surface area contributed by atoms with E-state index in [1.165, 1.54) is 30.3 Å². The molecule has 3 aromatic rings. The molecular formula is C25H23F3O4. The minimum absolute atomic E-state index is 0.0110. The molecule has 0 aliphatic carbocycles. The highest BCUT2D eigenvalue weighted by Crippen LogP contribution is 2.29. The van der Waals surface area contributed by atoms with Crippen molar-refractivity contribution in [3.63, 3.8) is 0 Å². The van der Waals surface area contributed by atoms with E-state index in [0.29, 0.717) is 16.9 Å². The summed E-state index contributed by atoms with van der Waals surface area (Å²) in [5, 5.41) is 0. The molecule has 3 rings (SSSR count). The molecule has 7 heteroatoms. The number of para-hydroxylation sites is 1. The number of rotatable bonds is 9. The first-order chi connectivity index (χ1) is 15.3. The van der Waals surface area contributed by atoms with E-state index in [4.69, 9.17) is 9.47 Å². The maximum absolute atomic E-state index is 14.1. The van der Waals surface area contributed by atoms with Crippen molar-refractivity contribution in [2.75, 3.05) is 0 Å². The molecule has 0 saturated heterocycles. The lowest BCUT2D eigenvalue weighted by molar-refractivity contribution is -0.148. The first-order valence-electron chi connectivity index (χ1n) is 10.1. The molecule has 0 heterocycles. The lowest BCUT2D eigenvalue weighted by Crippen LogP contribution is -2.21. The number of halogens is 3. The molecule has 1 atom stereocenters. The normalized spacial score (nSPS) is 12.0. The van der Waals surface area contributed by atoms with Crippen molar-refractivity contribution in [3.8, 4) is 17.2 Å². The van der Waals surface area contributed by atoms with Crippen LogP contribution in [0.2, 0.25) is 0 Å². The van der Waals surface area contributed by atoms with Crippen LogP contribution >= 0.6 is 0 Å². The third-order valence-corrected chi connectivity index (χ3v) is 4.73. The zero-order valence-corrected chi connectivity index (χ0v) is 17.6. The van der Waals surface area contributed by atoms with Gasteiger partial charge in [-0.2, -0.15) is 8.78 Å². The van der Waals surface area contributed by atoms with Gasteiger partial charge < -0.3 is 14.2 Å². The summed E-state index contributed by atoms with van der Waals surface area (Å²) < 4.78 is 54.2. The van der Waals surface area contributed by atoms with Crippen molar-refractivity contribution in [1.29, 1.82) is 0 Å². The number of carbonyl (C=O) groups excluding carboxylic acids is 1. The monoisotopic (exact) mass is 444 g/mol. The van der Waals surface area contributed by atoms with Gasteiger partial charge >= 0.3 is 12.6 Å². The zero-order valence-electron chi connectivity index (χ0n) is 17.6. The lowest BCUT2D eigenvalue weighted by atomic mass is 9.88. The SMILES string of the molecule is CC(C)C(C(=O)OCc1ccc(F)c(Oc2ccccc2)c1)c1ccc(OC(F)F)cc1. The fraction of sp³-hybridized carbons (Fsp3) is 0.240. The minimum Gasteiger partial charge on any atom is -0.460 e. The van der Waals surface area contributed by atoms with Gasteiger partial charge in [-0.15, -0.1) is 0 Å². The number of benzene rings is 3. The number of hydrogen-bond donors (Lipinski definition) is 0. The first-order valence-corrected chi connectivity index (χ1v) is 10.1. The molecule has 3 aromatic carbocycles. The van der Waals surface area contributed by atoms with E-state index in [9.17, 15) is 18.0 Å². The van der Waals surface area contributed by atoms with E-state index < -0.39 is 24.3 Å². The molecule has 0 aliphatic rings. The van der Waals surface area contributed by atoms with Gasteiger partial charge in [-0.05, 0) is 53.4 Å². The average Bonchev–Trinajstić information content (AvgIpc) is 2.76. The van der Waals surface area contributed by atoms with Crippen LogP contribution in [0.25, 0.3) is 0 Å². The fourth-order valence-electron chi connectivity index (χ4n) is 3.23. The van der Waals surface area contributed by atoms with Crippen molar-refractivity contribution in [3.05, 3.63) is 89.7 Å². The van der Waals surface area contributed by atoms with Crippen LogP contribution in [0.5, 0.6) is 17.2 Å². The maximum atomic E-state index is 14.1. The van der Waals surface area contributed by atoms with E-state index in [1.54, 1.807) is 36.4 Å². The summed E-state index contributed by atoms with van der Waals surface area (Å²) in [6.45, 7) is 0.733. The first kappa shape index (κ1) is 23.2. The third-order valence-electron chi connectivity index (χ3n) is 4.73. The van der Waals surface area contributed by atoms with Gasteiger partial charge in [0.05, 0.1) is 5.92 Å². The fourth-order valence-corrected chi connectivity index (χ4v) is 3.23. The second kappa shape index (κ2) is 10.7. The predicted molar refractivity (Wildman–Crippen MR) is 113 cm³/mol. The molecule has 0 bridgehead atoms. The molecule has 0 radical (unpaired) electrons. The summed E-state index contributed by atoms with van der Waals surface area (Å²) in [7, 11) is 0. The van der Waals surface area contributed by atoms with Crippen LogP contribution in [0.3, 0.4) is 0 Å². The number of carbonyl (C=O) groups is 1. The molecule has 0 fully saturated rings. The van der Waals surface area contributed by atoms with E-state index in [1.807, 2.05) is 19.9 Å². The van der Waals surface area contributed by atoms with Crippen molar-refractivity contribution >= 4 is 5.97 Å². The highest BCUT2D eigenvalue weighted by Gasteiger charge is 2.26. The molecule has 0 amide bonds. The Labute approximate surface area is 184 Å². The Morgan fingerprint density at radius 3 is 2.22 bits per heavy atom. The molecule has 4 nitrogen and oxygen atoms in total. The van der Waals surface area contributed by atoms with Crippen molar-refractivity contribution < 1.29 is 32.2 Å². The Hall–Kier alpha value is -3.48. The standard InChI is InChI=1S/C25H23F3O4/c1-16(2)23(18-9-11-20(12-10-18)32-25(27)28)24(29)30-15-17-8-13-21(26)22(14-17)31-19-6-4-3-5-7-19/h3-14,16,23,25H,15H2,1-2H3. The molecule has 32 heavy (non-hydrogen) atoms. The summed E-state index contributed by atoms with van der Waals surface area (Å²) in [6.07, 6.45) is 0. The van der Waals surface area contributed by atoms with Crippen molar-refractivity contribution in [2.45, 2.75) is 33.0 Å². The molecule has 0 aliphatic heterocycles. The molecule has 0 aromatic heterocycles. The Morgan fingerprint density at radius 1 is 0.906 bits per heavy atom. The highest BCUT2D eigenvalue weighted by molar-refractivity contribution is 5.78. The quantitative estimate of drug-likeness (QED) is 0.345. The lowest BCUT2D eigenvalue weighted by Gasteiger charge is -2.20. The van der Waals surface area contributed by atoms with Gasteiger partial charge in [-0.3, -0.25) is 4.79 Å². The number of esters is 1. The summed E-state index contributed by atoms with van der Waals surface area (Å²) in [6, 6.07) is 18.9. The molecular weight excluding hydrogens is 421 g/mol. The second-order valence-electron chi connectivity index (χ2n) is 7.46. The van der Waals surface area contributed by atoms with Gasteiger partial charge in [0.15, 0.2) is 11.6 Å². The number of alkyl halides is 2. The van der Waals surface area contributed by atoms with E-state index in [2.05, 4.69) is 4.74 Å². The van der Waals surface area contributed by atoms with Crippen molar-refractivity contribution in [2.24, 2.45) is 5.92 Å². The van der Waals surface area contributed by atoms with Crippen LogP contribution in [0.1, 0.15) is 30.9 Å². The Bertz CT molecular complexity index is 1020. The molecule has 1 unspecified atom stereocenters. The molecule has 168 valence electrons. The summed E-state index contributed by atoms with van der Waals surface area (Å²) >= 11 is 0. The van der Waals surface area contributed by atoms with E-state index in [0.717, 1.165) is 0 Å². The number of hydrogen-bond acceptors (Lipinski definition) is 4. The largest absolute Gasteiger partial charge is 0.460 e. The maximum Gasteiger partial charge on any atom is 0.387 e.